The summed E-state index contributed by atoms with van der Waals surface area (Å²) >= 11 is 1.24. The third-order valence-corrected chi connectivity index (χ3v) is 9.28. The molecule has 14 heteroatoms. The number of alkyl halides is 3. The Morgan fingerprint density at radius 2 is 1.87 bits per heavy atom. The van der Waals surface area contributed by atoms with Gasteiger partial charge in [0.25, 0.3) is 5.91 Å². The van der Waals surface area contributed by atoms with Crippen LogP contribution < -0.4 is 15.0 Å². The van der Waals surface area contributed by atoms with Gasteiger partial charge in [0.2, 0.25) is 0 Å². The number of ether oxygens (including phenoxy) is 2. The Kier molecular flexibility index (Phi) is 10.2. The summed E-state index contributed by atoms with van der Waals surface area (Å²) in [6, 6.07) is 4.27. The van der Waals surface area contributed by atoms with Crippen LogP contribution in [-0.2, 0) is 22.3 Å². The lowest BCUT2D eigenvalue weighted by Crippen LogP contribution is -2.37. The molecule has 2 aliphatic rings. The maximum Gasteiger partial charge on any atom is 0.419 e. The summed E-state index contributed by atoms with van der Waals surface area (Å²) in [7, 11) is 1.20. The van der Waals surface area contributed by atoms with Gasteiger partial charge in [-0.05, 0) is 63.8 Å². The van der Waals surface area contributed by atoms with Gasteiger partial charge >= 0.3 is 12.1 Å². The number of hydrogen-bond donors (Lipinski definition) is 1. The van der Waals surface area contributed by atoms with E-state index in [1.165, 1.54) is 36.9 Å². The molecular weight excluding hydrogens is 609 g/mol. The Morgan fingerprint density at radius 1 is 1.09 bits per heavy atom. The lowest BCUT2D eigenvalue weighted by atomic mass is 9.97. The largest absolute Gasteiger partial charge is 0.496 e. The van der Waals surface area contributed by atoms with Gasteiger partial charge in [-0.3, -0.25) is 19.8 Å². The van der Waals surface area contributed by atoms with Gasteiger partial charge in [0.05, 0.1) is 43.3 Å². The highest BCUT2D eigenvalue weighted by Gasteiger charge is 2.35. The standard InChI is InChI=1S/C31H37F3N6O4S/c1-4-21-7-6-12-40(21)18-25-27(20-8-9-24(43-3)22(15-20)31(32,33)34)37-30(45-25)38-28(41)23-16-36-26(17-35-23)39-13-10-19(11-14-39)29(42)44-5-2/h8-9,15-17,19,21H,4-7,10-14,18H2,1-3H3,(H,37,38,41)/t21-/m0/s1. The van der Waals surface area contributed by atoms with Crippen LogP contribution in [0.25, 0.3) is 11.3 Å². The van der Waals surface area contributed by atoms with E-state index in [9.17, 15) is 22.8 Å². The van der Waals surface area contributed by atoms with Crippen molar-refractivity contribution in [2.75, 3.05) is 43.6 Å². The van der Waals surface area contributed by atoms with E-state index < -0.39 is 17.6 Å². The number of nitrogens with zero attached hydrogens (tertiary/aromatic N) is 5. The van der Waals surface area contributed by atoms with Crippen LogP contribution in [0.15, 0.2) is 30.6 Å². The third kappa shape index (κ3) is 7.55. The molecule has 0 unspecified atom stereocenters. The minimum absolute atomic E-state index is 0.0767. The Balaban J connectivity index is 1.34. The normalized spacial score (nSPS) is 17.8. The Labute approximate surface area is 264 Å². The van der Waals surface area contributed by atoms with E-state index in [0.717, 1.165) is 36.8 Å². The lowest BCUT2D eigenvalue weighted by molar-refractivity contribution is -0.148. The van der Waals surface area contributed by atoms with Crippen LogP contribution in [0, 0.1) is 5.92 Å². The maximum atomic E-state index is 13.8. The lowest BCUT2D eigenvalue weighted by Gasteiger charge is -2.31. The number of anilines is 2. The molecule has 3 aromatic rings. The molecule has 45 heavy (non-hydrogen) atoms. The molecular formula is C31H37F3N6O4S. The van der Waals surface area contributed by atoms with Crippen LogP contribution in [0.3, 0.4) is 0 Å². The highest BCUT2D eigenvalue weighted by Crippen LogP contribution is 2.41. The van der Waals surface area contributed by atoms with Crippen molar-refractivity contribution in [2.24, 2.45) is 5.92 Å². The number of benzene rings is 1. The zero-order valence-corrected chi connectivity index (χ0v) is 26.3. The van der Waals surface area contributed by atoms with Gasteiger partial charge in [0, 0.05) is 36.1 Å². The van der Waals surface area contributed by atoms with Crippen LogP contribution in [0.1, 0.15) is 66.9 Å². The van der Waals surface area contributed by atoms with Crippen molar-refractivity contribution in [1.82, 2.24) is 19.9 Å². The van der Waals surface area contributed by atoms with Crippen molar-refractivity contribution < 1.29 is 32.2 Å². The molecule has 1 aromatic carbocycles. The van der Waals surface area contributed by atoms with Gasteiger partial charge in [0.1, 0.15) is 17.3 Å². The fourth-order valence-electron chi connectivity index (χ4n) is 5.93. The minimum atomic E-state index is -4.61. The number of hydrogen-bond acceptors (Lipinski definition) is 10. The predicted octanol–water partition coefficient (Wildman–Crippen LogP) is 6.03. The summed E-state index contributed by atoms with van der Waals surface area (Å²) in [6.45, 7) is 6.90. The first-order valence-corrected chi connectivity index (χ1v) is 16.0. The Hall–Kier alpha value is -3.78. The molecule has 242 valence electrons. The third-order valence-electron chi connectivity index (χ3n) is 8.32. The van der Waals surface area contributed by atoms with E-state index >= 15 is 0 Å². The van der Waals surface area contributed by atoms with Crippen LogP contribution >= 0.6 is 11.3 Å². The first-order valence-electron chi connectivity index (χ1n) is 15.2. The van der Waals surface area contributed by atoms with E-state index in [2.05, 4.69) is 32.1 Å². The molecule has 0 saturated carbocycles. The number of thiazole rings is 1. The summed E-state index contributed by atoms with van der Waals surface area (Å²) in [5, 5.41) is 3.03. The van der Waals surface area contributed by atoms with E-state index in [4.69, 9.17) is 9.47 Å². The second-order valence-corrected chi connectivity index (χ2v) is 12.2. The van der Waals surface area contributed by atoms with Crippen molar-refractivity contribution in [1.29, 1.82) is 0 Å². The van der Waals surface area contributed by atoms with E-state index in [-0.39, 0.29) is 34.0 Å². The smallest absolute Gasteiger partial charge is 0.419 e. The number of carbonyl (C=O) groups excluding carboxylic acids is 2. The minimum Gasteiger partial charge on any atom is -0.496 e. The van der Waals surface area contributed by atoms with Crippen molar-refractivity contribution in [2.45, 2.75) is 64.7 Å². The molecule has 0 spiro atoms. The maximum absolute atomic E-state index is 13.8. The molecule has 0 bridgehead atoms. The van der Waals surface area contributed by atoms with Crippen LogP contribution in [-0.4, -0.2) is 71.1 Å². The van der Waals surface area contributed by atoms with E-state index in [1.807, 2.05) is 4.90 Å². The molecule has 5 rings (SSSR count). The number of aromatic nitrogens is 3. The fraction of sp³-hybridized carbons (Fsp3) is 0.516. The number of carbonyl (C=O) groups is 2. The van der Waals surface area contributed by atoms with Crippen LogP contribution in [0.2, 0.25) is 0 Å². The summed E-state index contributed by atoms with van der Waals surface area (Å²) < 4.78 is 51.6. The first kappa shape index (κ1) is 32.6. The van der Waals surface area contributed by atoms with E-state index in [1.54, 1.807) is 13.0 Å². The highest BCUT2D eigenvalue weighted by atomic mass is 32.1. The van der Waals surface area contributed by atoms with Crippen LogP contribution in [0.4, 0.5) is 24.1 Å². The summed E-state index contributed by atoms with van der Waals surface area (Å²) in [5.41, 5.74) is -0.135. The molecule has 2 aromatic heterocycles. The SMILES string of the molecule is CCOC(=O)C1CCN(c2cnc(C(=O)Nc3nc(-c4ccc(OC)c(C(F)(F)F)c4)c(CN4CCC[C@@H]4CC)s3)cn2)CC1. The molecule has 10 nitrogen and oxygen atoms in total. The van der Waals surface area contributed by atoms with Gasteiger partial charge in [-0.25, -0.2) is 15.0 Å². The molecule has 1 N–H and O–H groups in total. The van der Waals surface area contributed by atoms with Gasteiger partial charge in [-0.1, -0.05) is 18.3 Å². The number of methoxy groups -OCH3 is 1. The van der Waals surface area contributed by atoms with Gasteiger partial charge in [-0.2, -0.15) is 13.2 Å². The fourth-order valence-corrected chi connectivity index (χ4v) is 6.94. The molecule has 1 amide bonds. The monoisotopic (exact) mass is 646 g/mol. The highest BCUT2D eigenvalue weighted by molar-refractivity contribution is 7.16. The number of rotatable bonds is 10. The number of piperidine rings is 1. The summed E-state index contributed by atoms with van der Waals surface area (Å²) in [5.74, 6) is -0.512. The van der Waals surface area contributed by atoms with E-state index in [0.29, 0.717) is 56.6 Å². The van der Waals surface area contributed by atoms with Gasteiger partial charge < -0.3 is 14.4 Å². The predicted molar refractivity (Wildman–Crippen MR) is 164 cm³/mol. The Morgan fingerprint density at radius 3 is 2.51 bits per heavy atom. The number of amides is 1. The second-order valence-electron chi connectivity index (χ2n) is 11.1. The quantitative estimate of drug-likeness (QED) is 0.264. The Bertz CT molecular complexity index is 1490. The molecule has 4 heterocycles. The van der Waals surface area contributed by atoms with Crippen molar-refractivity contribution in [3.63, 3.8) is 0 Å². The number of nitrogens with one attached hydrogen (secondary N) is 1. The van der Waals surface area contributed by atoms with Crippen molar-refractivity contribution in [3.8, 4) is 17.0 Å². The molecule has 1 atom stereocenters. The first-order chi connectivity index (χ1) is 21.6. The molecule has 2 fully saturated rings. The van der Waals surface area contributed by atoms with Crippen molar-refractivity contribution >= 4 is 34.2 Å². The average molecular weight is 647 g/mol. The van der Waals surface area contributed by atoms with Gasteiger partial charge in [-0.15, -0.1) is 0 Å². The number of halogens is 3. The second kappa shape index (κ2) is 14.1. The van der Waals surface area contributed by atoms with Crippen LogP contribution in [0.5, 0.6) is 5.75 Å². The zero-order chi connectivity index (χ0) is 32.1. The molecule has 2 saturated heterocycles. The molecule has 0 radical (unpaired) electrons. The number of esters is 1. The topological polar surface area (TPSA) is 110 Å². The number of likely N-dealkylation sites (tertiary alicyclic amines) is 1. The van der Waals surface area contributed by atoms with Crippen molar-refractivity contribution in [3.05, 3.63) is 46.7 Å². The van der Waals surface area contributed by atoms with Gasteiger partial charge in [0.15, 0.2) is 5.13 Å². The average Bonchev–Trinajstić information content (AvgIpc) is 3.67. The summed E-state index contributed by atoms with van der Waals surface area (Å²) in [4.78, 5) is 43.6. The molecule has 0 aliphatic carbocycles. The summed E-state index contributed by atoms with van der Waals surface area (Å²) in [6.07, 6.45) is 2.66. The molecule has 2 aliphatic heterocycles. The zero-order valence-electron chi connectivity index (χ0n) is 25.5.